The Balaban J connectivity index is 1.24. The van der Waals surface area contributed by atoms with Crippen LogP contribution in [0.4, 0.5) is 5.69 Å². The Morgan fingerprint density at radius 2 is 1.00 bits per heavy atom. The van der Waals surface area contributed by atoms with Gasteiger partial charge < -0.3 is 9.47 Å². The van der Waals surface area contributed by atoms with E-state index in [1.165, 1.54) is 158 Å². The first-order valence-electron chi connectivity index (χ1n) is 20.7. The lowest BCUT2D eigenvalue weighted by atomic mass is 9.92. The van der Waals surface area contributed by atoms with Crippen molar-refractivity contribution in [2.24, 2.45) is 11.8 Å². The number of anilines is 1. The number of hydrogen-bond acceptors (Lipinski definition) is 1. The van der Waals surface area contributed by atoms with Crippen LogP contribution in [0, 0.1) is 11.8 Å². The monoisotopic (exact) mass is 659 g/mol. The highest BCUT2D eigenvalue weighted by Crippen LogP contribution is 2.42. The molecule has 0 aliphatic carbocycles. The lowest BCUT2D eigenvalue weighted by molar-refractivity contribution is 0.371. The molecule has 1 aliphatic rings. The molecule has 6 rings (SSSR count). The molecule has 4 aromatic carbocycles. The van der Waals surface area contributed by atoms with Crippen LogP contribution in [0.2, 0.25) is 0 Å². The Hall–Kier alpha value is -3.00. The standard InChI is InChI=1S/C47H66N2/c1-6-10-14-18-36(16-12-8-3)28-31-48-32-30-44-42-22-20-39-38(40(42)24-26-46(44)48)21-23-43-41(39)25-27-47-45(43)34-35(5)49(47)33-29-37(17-13-9-4)19-15-11-7-2/h20-27,30,32,35-37H,6-19,28-29,31,33-34H2,1-5H3. The lowest BCUT2D eigenvalue weighted by Gasteiger charge is -2.27. The number of hydrogen-bond donors (Lipinski definition) is 0. The summed E-state index contributed by atoms with van der Waals surface area (Å²) in [5.74, 6) is 1.73. The normalized spacial score (nSPS) is 16.0. The van der Waals surface area contributed by atoms with Gasteiger partial charge in [0.15, 0.2) is 0 Å². The summed E-state index contributed by atoms with van der Waals surface area (Å²) < 4.78 is 2.53. The van der Waals surface area contributed by atoms with Crippen LogP contribution in [-0.4, -0.2) is 17.2 Å². The van der Waals surface area contributed by atoms with Gasteiger partial charge >= 0.3 is 0 Å². The van der Waals surface area contributed by atoms with Crippen molar-refractivity contribution in [2.75, 3.05) is 11.4 Å². The minimum atomic E-state index is 0.575. The molecule has 3 unspecified atom stereocenters. The highest BCUT2D eigenvalue weighted by atomic mass is 15.2. The Bertz CT molecular complexity index is 1790. The van der Waals surface area contributed by atoms with Crippen molar-refractivity contribution in [3.8, 4) is 0 Å². The minimum absolute atomic E-state index is 0.575. The molecule has 1 aliphatic heterocycles. The Labute approximate surface area is 298 Å². The first-order chi connectivity index (χ1) is 24.1. The molecule has 0 amide bonds. The van der Waals surface area contributed by atoms with Crippen molar-refractivity contribution >= 4 is 48.9 Å². The highest BCUT2D eigenvalue weighted by molar-refractivity contribution is 6.22. The fourth-order valence-electron chi connectivity index (χ4n) is 9.29. The number of unbranched alkanes of at least 4 members (excludes halogenated alkanes) is 6. The molecule has 49 heavy (non-hydrogen) atoms. The van der Waals surface area contributed by atoms with Crippen molar-refractivity contribution in [1.82, 2.24) is 4.57 Å². The maximum absolute atomic E-state index is 2.75. The largest absolute Gasteiger partial charge is 0.368 e. The molecule has 0 N–H and O–H groups in total. The van der Waals surface area contributed by atoms with E-state index in [0.717, 1.165) is 24.8 Å². The molecule has 2 heterocycles. The summed E-state index contributed by atoms with van der Waals surface area (Å²) in [5.41, 5.74) is 4.46. The van der Waals surface area contributed by atoms with Gasteiger partial charge in [-0.2, -0.15) is 0 Å². The smallest absolute Gasteiger partial charge is 0.0486 e. The maximum atomic E-state index is 2.75. The van der Waals surface area contributed by atoms with Gasteiger partial charge in [-0.25, -0.2) is 0 Å². The van der Waals surface area contributed by atoms with E-state index in [2.05, 4.69) is 105 Å². The van der Waals surface area contributed by atoms with Gasteiger partial charge in [0.2, 0.25) is 0 Å². The third kappa shape index (κ3) is 8.00. The average molecular weight is 659 g/mol. The molecule has 0 bridgehead atoms. The summed E-state index contributed by atoms with van der Waals surface area (Å²) >= 11 is 0. The van der Waals surface area contributed by atoms with Crippen LogP contribution in [0.25, 0.3) is 43.2 Å². The van der Waals surface area contributed by atoms with Crippen molar-refractivity contribution in [3.05, 3.63) is 66.4 Å². The van der Waals surface area contributed by atoms with Crippen molar-refractivity contribution < 1.29 is 0 Å². The molecule has 2 heteroatoms. The zero-order valence-electron chi connectivity index (χ0n) is 31.8. The molecular weight excluding hydrogens is 593 g/mol. The first-order valence-corrected chi connectivity index (χ1v) is 20.7. The van der Waals surface area contributed by atoms with Crippen molar-refractivity contribution in [1.29, 1.82) is 0 Å². The van der Waals surface area contributed by atoms with Crippen LogP contribution in [0.5, 0.6) is 0 Å². The topological polar surface area (TPSA) is 8.17 Å². The van der Waals surface area contributed by atoms with Gasteiger partial charge in [0, 0.05) is 41.9 Å². The summed E-state index contributed by atoms with van der Waals surface area (Å²) in [6, 6.07) is 22.4. The van der Waals surface area contributed by atoms with Crippen LogP contribution in [-0.2, 0) is 13.0 Å². The van der Waals surface area contributed by atoms with Crippen molar-refractivity contribution in [3.63, 3.8) is 0 Å². The Morgan fingerprint density at radius 3 is 1.61 bits per heavy atom. The fraction of sp³-hybridized carbons (Fsp3) is 0.574. The highest BCUT2D eigenvalue weighted by Gasteiger charge is 2.28. The second-order valence-electron chi connectivity index (χ2n) is 15.8. The van der Waals surface area contributed by atoms with Gasteiger partial charge in [0.25, 0.3) is 0 Å². The van der Waals surface area contributed by atoms with E-state index in [1.54, 1.807) is 5.56 Å². The van der Waals surface area contributed by atoms with Gasteiger partial charge in [0.05, 0.1) is 0 Å². The predicted molar refractivity (Wildman–Crippen MR) is 219 cm³/mol. The summed E-state index contributed by atoms with van der Waals surface area (Å²) in [6.07, 6.45) is 25.3. The van der Waals surface area contributed by atoms with E-state index in [-0.39, 0.29) is 0 Å². The summed E-state index contributed by atoms with van der Waals surface area (Å²) in [6.45, 7) is 14.1. The van der Waals surface area contributed by atoms with Gasteiger partial charge in [-0.3, -0.25) is 0 Å². The number of aromatic nitrogens is 1. The molecule has 3 atom stereocenters. The summed E-state index contributed by atoms with van der Waals surface area (Å²) in [5, 5.41) is 9.87. The number of aryl methyl sites for hydroxylation is 1. The predicted octanol–water partition coefficient (Wildman–Crippen LogP) is 14.4. The Kier molecular flexibility index (Phi) is 12.6. The van der Waals surface area contributed by atoms with E-state index < -0.39 is 0 Å². The molecule has 0 saturated carbocycles. The molecule has 0 saturated heterocycles. The Morgan fingerprint density at radius 1 is 0.510 bits per heavy atom. The van der Waals surface area contributed by atoms with E-state index in [0.29, 0.717) is 6.04 Å². The number of rotatable bonds is 20. The molecule has 1 aromatic heterocycles. The van der Waals surface area contributed by atoms with Gasteiger partial charge in [0.1, 0.15) is 0 Å². The number of nitrogens with zero attached hydrogens (tertiary/aromatic N) is 2. The van der Waals surface area contributed by atoms with E-state index in [9.17, 15) is 0 Å². The first kappa shape index (κ1) is 35.8. The molecule has 2 nitrogen and oxygen atoms in total. The summed E-state index contributed by atoms with van der Waals surface area (Å²) in [4.78, 5) is 2.75. The molecule has 264 valence electrons. The third-order valence-corrected chi connectivity index (χ3v) is 12.3. The second kappa shape index (κ2) is 17.3. The SMILES string of the molecule is CCCCCC(CCCC)CCN1c2ccc3c(ccc4c3ccc3c4ccc4c3ccn4CCC(CCCC)CCCCC)c2CC1C. The number of benzene rings is 4. The molecule has 5 aromatic rings. The zero-order chi connectivity index (χ0) is 34.2. The molecular formula is C47H66N2. The van der Waals surface area contributed by atoms with Crippen LogP contribution in [0.3, 0.4) is 0 Å². The van der Waals surface area contributed by atoms with Crippen LogP contribution < -0.4 is 4.90 Å². The van der Waals surface area contributed by atoms with Crippen molar-refractivity contribution in [2.45, 2.75) is 156 Å². The van der Waals surface area contributed by atoms with Gasteiger partial charge in [-0.1, -0.05) is 154 Å². The van der Waals surface area contributed by atoms with E-state index in [1.807, 2.05) is 0 Å². The zero-order valence-corrected chi connectivity index (χ0v) is 31.8. The van der Waals surface area contributed by atoms with Gasteiger partial charge in [-0.15, -0.1) is 0 Å². The minimum Gasteiger partial charge on any atom is -0.368 e. The number of fused-ring (bicyclic) bond motifs is 9. The lowest BCUT2D eigenvalue weighted by Crippen LogP contribution is -2.31. The molecule has 0 fully saturated rings. The fourth-order valence-corrected chi connectivity index (χ4v) is 9.29. The average Bonchev–Trinajstić information content (AvgIpc) is 3.69. The third-order valence-electron chi connectivity index (χ3n) is 12.3. The molecule has 0 radical (unpaired) electrons. The van der Waals surface area contributed by atoms with Crippen LogP contribution >= 0.6 is 0 Å². The van der Waals surface area contributed by atoms with Gasteiger partial charge in [-0.05, 0) is 94.1 Å². The summed E-state index contributed by atoms with van der Waals surface area (Å²) in [7, 11) is 0. The van der Waals surface area contributed by atoms with E-state index in [4.69, 9.17) is 0 Å². The second-order valence-corrected chi connectivity index (χ2v) is 15.8. The maximum Gasteiger partial charge on any atom is 0.0486 e. The van der Waals surface area contributed by atoms with Crippen LogP contribution in [0.1, 0.15) is 143 Å². The van der Waals surface area contributed by atoms with Crippen LogP contribution in [0.15, 0.2) is 60.8 Å². The van der Waals surface area contributed by atoms with E-state index >= 15 is 0 Å². The quantitative estimate of drug-likeness (QED) is 0.0597. The molecule has 0 spiro atoms.